The van der Waals surface area contributed by atoms with Crippen LogP contribution in [0.4, 0.5) is 0 Å². The Bertz CT molecular complexity index is 139. The second kappa shape index (κ2) is 4.97. The van der Waals surface area contributed by atoms with E-state index in [1.807, 2.05) is 13.8 Å². The van der Waals surface area contributed by atoms with Gasteiger partial charge in [-0.2, -0.15) is 0 Å². The second-order valence-corrected chi connectivity index (χ2v) is 4.12. The molecule has 2 aliphatic heterocycles. The van der Waals surface area contributed by atoms with Gasteiger partial charge in [0.05, 0.1) is 0 Å². The average molecular weight is 184 g/mol. The van der Waals surface area contributed by atoms with Gasteiger partial charge in [0.25, 0.3) is 0 Å². The zero-order valence-corrected chi connectivity index (χ0v) is 9.32. The fraction of sp³-hybridized carbons (Fsp3) is 1.00. The largest absolute Gasteiger partial charge is 0.314 e. The summed E-state index contributed by atoms with van der Waals surface area (Å²) in [7, 11) is 0. The number of hydrogen-bond donors (Lipinski definition) is 2. The Morgan fingerprint density at radius 3 is 2.46 bits per heavy atom. The van der Waals surface area contributed by atoms with Crippen molar-refractivity contribution in [3.8, 4) is 0 Å². The summed E-state index contributed by atoms with van der Waals surface area (Å²) in [6.45, 7) is 8.74. The van der Waals surface area contributed by atoms with Gasteiger partial charge in [-0.25, -0.2) is 0 Å². The van der Waals surface area contributed by atoms with E-state index in [4.69, 9.17) is 0 Å². The zero-order chi connectivity index (χ0) is 9.73. The molecule has 0 amide bonds. The van der Waals surface area contributed by atoms with Crippen molar-refractivity contribution in [1.82, 2.24) is 10.6 Å². The van der Waals surface area contributed by atoms with Crippen LogP contribution in [-0.4, -0.2) is 24.7 Å². The number of rotatable bonds is 0. The summed E-state index contributed by atoms with van der Waals surface area (Å²) < 4.78 is 0. The molecular formula is C11H24N2. The van der Waals surface area contributed by atoms with E-state index >= 15 is 0 Å². The van der Waals surface area contributed by atoms with E-state index in [0.717, 1.165) is 0 Å². The van der Waals surface area contributed by atoms with Gasteiger partial charge < -0.3 is 10.6 Å². The smallest absolute Gasteiger partial charge is 0.0208 e. The Hall–Kier alpha value is -0.0800. The highest BCUT2D eigenvalue weighted by Gasteiger charge is 2.36. The molecule has 2 aliphatic rings. The first kappa shape index (κ1) is 11.0. The third kappa shape index (κ3) is 2.68. The Kier molecular flexibility index (Phi) is 4.20. The number of nitrogens with one attached hydrogen (secondary N) is 2. The van der Waals surface area contributed by atoms with Gasteiger partial charge in [-0.15, -0.1) is 0 Å². The lowest BCUT2D eigenvalue weighted by molar-refractivity contribution is 0.237. The highest BCUT2D eigenvalue weighted by Crippen LogP contribution is 2.30. The molecule has 2 heteroatoms. The van der Waals surface area contributed by atoms with Crippen molar-refractivity contribution in [2.24, 2.45) is 0 Å². The minimum absolute atomic E-state index is 0.532. The predicted octanol–water partition coefficient (Wildman–Crippen LogP) is 1.91. The normalized spacial score (nSPS) is 38.5. The molecule has 2 heterocycles. The van der Waals surface area contributed by atoms with Crippen molar-refractivity contribution >= 4 is 0 Å². The molecule has 2 fully saturated rings. The molecule has 2 N–H and O–H groups in total. The lowest BCUT2D eigenvalue weighted by atomic mass is 9.84. The van der Waals surface area contributed by atoms with Crippen LogP contribution in [0, 0.1) is 0 Å². The number of piperidine rings is 1. The molecule has 0 aromatic carbocycles. The molecule has 0 aromatic rings. The van der Waals surface area contributed by atoms with E-state index in [9.17, 15) is 0 Å². The molecule has 2 saturated heterocycles. The first-order valence-electron chi connectivity index (χ1n) is 5.79. The molecule has 2 atom stereocenters. The first-order valence-corrected chi connectivity index (χ1v) is 5.79. The minimum Gasteiger partial charge on any atom is -0.314 e. The molecule has 0 bridgehead atoms. The zero-order valence-electron chi connectivity index (χ0n) is 9.32. The van der Waals surface area contributed by atoms with Gasteiger partial charge in [0.1, 0.15) is 0 Å². The second-order valence-electron chi connectivity index (χ2n) is 4.12. The standard InChI is InChI=1S/C9H18N2.C2H6/c1-8-7-9(4-6-10-8)3-2-5-11-9;1-2/h8,10-11H,2-7H2,1H3;1-2H3. The Morgan fingerprint density at radius 2 is 1.92 bits per heavy atom. The van der Waals surface area contributed by atoms with Crippen LogP contribution in [0.2, 0.25) is 0 Å². The Balaban J connectivity index is 0.000000396. The summed E-state index contributed by atoms with van der Waals surface area (Å²) in [5, 5.41) is 7.16. The fourth-order valence-electron chi connectivity index (χ4n) is 2.57. The third-order valence-electron chi connectivity index (χ3n) is 3.13. The summed E-state index contributed by atoms with van der Waals surface area (Å²) in [5.41, 5.74) is 0.532. The molecule has 2 rings (SSSR count). The van der Waals surface area contributed by atoms with Crippen molar-refractivity contribution in [3.63, 3.8) is 0 Å². The molecule has 2 unspecified atom stereocenters. The Labute approximate surface area is 82.5 Å². The van der Waals surface area contributed by atoms with Crippen LogP contribution in [0.3, 0.4) is 0 Å². The SMILES string of the molecule is CC.CC1CC2(CCCN2)CCN1. The summed E-state index contributed by atoms with van der Waals surface area (Å²) in [6.07, 6.45) is 5.44. The fourth-order valence-corrected chi connectivity index (χ4v) is 2.57. The predicted molar refractivity (Wildman–Crippen MR) is 58.0 cm³/mol. The summed E-state index contributed by atoms with van der Waals surface area (Å²) in [5.74, 6) is 0. The molecule has 2 nitrogen and oxygen atoms in total. The van der Waals surface area contributed by atoms with Gasteiger partial charge >= 0.3 is 0 Å². The molecule has 0 aliphatic carbocycles. The van der Waals surface area contributed by atoms with Crippen LogP contribution >= 0.6 is 0 Å². The summed E-state index contributed by atoms with van der Waals surface area (Å²) >= 11 is 0. The van der Waals surface area contributed by atoms with E-state index in [1.54, 1.807) is 0 Å². The van der Waals surface area contributed by atoms with E-state index in [2.05, 4.69) is 17.6 Å². The van der Waals surface area contributed by atoms with Crippen LogP contribution in [0.15, 0.2) is 0 Å². The molecule has 0 aromatic heterocycles. The highest BCUT2D eigenvalue weighted by atomic mass is 15.1. The van der Waals surface area contributed by atoms with Crippen molar-refractivity contribution in [3.05, 3.63) is 0 Å². The lowest BCUT2D eigenvalue weighted by Crippen LogP contribution is -2.52. The summed E-state index contributed by atoms with van der Waals surface area (Å²) in [4.78, 5) is 0. The van der Waals surface area contributed by atoms with Gasteiger partial charge in [0, 0.05) is 11.6 Å². The van der Waals surface area contributed by atoms with E-state index in [0.29, 0.717) is 11.6 Å². The first-order chi connectivity index (χ1) is 6.31. The topological polar surface area (TPSA) is 24.1 Å². The molecule has 78 valence electrons. The van der Waals surface area contributed by atoms with Crippen molar-refractivity contribution in [1.29, 1.82) is 0 Å². The van der Waals surface area contributed by atoms with Crippen LogP contribution in [0.5, 0.6) is 0 Å². The van der Waals surface area contributed by atoms with Crippen LogP contribution in [-0.2, 0) is 0 Å². The minimum atomic E-state index is 0.532. The third-order valence-corrected chi connectivity index (χ3v) is 3.13. The van der Waals surface area contributed by atoms with Gasteiger partial charge in [-0.3, -0.25) is 0 Å². The molecule has 13 heavy (non-hydrogen) atoms. The Morgan fingerprint density at radius 1 is 1.15 bits per heavy atom. The van der Waals surface area contributed by atoms with Gasteiger partial charge in [-0.05, 0) is 45.7 Å². The summed E-state index contributed by atoms with van der Waals surface area (Å²) in [6, 6.07) is 0.717. The van der Waals surface area contributed by atoms with E-state index < -0.39 is 0 Å². The average Bonchev–Trinajstić information content (AvgIpc) is 2.56. The van der Waals surface area contributed by atoms with Gasteiger partial charge in [0.15, 0.2) is 0 Å². The van der Waals surface area contributed by atoms with Crippen LogP contribution in [0.25, 0.3) is 0 Å². The molecule has 1 spiro atoms. The van der Waals surface area contributed by atoms with Gasteiger partial charge in [0.2, 0.25) is 0 Å². The quantitative estimate of drug-likeness (QED) is 0.601. The van der Waals surface area contributed by atoms with Gasteiger partial charge in [-0.1, -0.05) is 13.8 Å². The van der Waals surface area contributed by atoms with Crippen LogP contribution in [0.1, 0.15) is 46.5 Å². The van der Waals surface area contributed by atoms with Crippen molar-refractivity contribution in [2.75, 3.05) is 13.1 Å². The van der Waals surface area contributed by atoms with Crippen LogP contribution < -0.4 is 10.6 Å². The number of hydrogen-bond acceptors (Lipinski definition) is 2. The van der Waals surface area contributed by atoms with E-state index in [-0.39, 0.29) is 0 Å². The van der Waals surface area contributed by atoms with Crippen molar-refractivity contribution < 1.29 is 0 Å². The van der Waals surface area contributed by atoms with E-state index in [1.165, 1.54) is 38.8 Å². The maximum atomic E-state index is 3.66. The molecule has 0 radical (unpaired) electrons. The molecule has 0 saturated carbocycles. The maximum Gasteiger partial charge on any atom is 0.0208 e. The maximum absolute atomic E-state index is 3.66. The highest BCUT2D eigenvalue weighted by molar-refractivity contribution is 4.98. The lowest BCUT2D eigenvalue weighted by Gasteiger charge is -2.37. The monoisotopic (exact) mass is 184 g/mol. The van der Waals surface area contributed by atoms with Crippen molar-refractivity contribution in [2.45, 2.75) is 58.0 Å². The molecular weight excluding hydrogens is 160 g/mol.